The molecule has 4 nitrogen and oxygen atoms in total. The molecule has 4 heteroatoms. The van der Waals surface area contributed by atoms with Gasteiger partial charge in [0.1, 0.15) is 11.8 Å². The molecule has 1 aliphatic rings. The molecule has 0 amide bonds. The molecule has 0 spiro atoms. The Morgan fingerprint density at radius 2 is 2.10 bits per heavy atom. The molecular formula is C16H23N3O. The van der Waals surface area contributed by atoms with Crippen LogP contribution in [0, 0.1) is 11.3 Å². The summed E-state index contributed by atoms with van der Waals surface area (Å²) in [7, 11) is 3.78. The Bertz CT molecular complexity index is 519. The summed E-state index contributed by atoms with van der Waals surface area (Å²) in [6, 6.07) is 8.06. The summed E-state index contributed by atoms with van der Waals surface area (Å²) >= 11 is 0. The molecule has 0 bridgehead atoms. The minimum Gasteiger partial charge on any atom is -0.495 e. The van der Waals surface area contributed by atoms with Crippen molar-refractivity contribution in [1.82, 2.24) is 9.80 Å². The van der Waals surface area contributed by atoms with E-state index < -0.39 is 0 Å². The van der Waals surface area contributed by atoms with Crippen LogP contribution in [0.25, 0.3) is 0 Å². The van der Waals surface area contributed by atoms with E-state index in [2.05, 4.69) is 36.8 Å². The zero-order chi connectivity index (χ0) is 14.8. The average Bonchev–Trinajstić information content (AvgIpc) is 2.42. The van der Waals surface area contributed by atoms with E-state index in [1.54, 1.807) is 7.11 Å². The number of ether oxygens (including phenoxy) is 1. The van der Waals surface area contributed by atoms with Gasteiger partial charge in [0.05, 0.1) is 12.7 Å². The number of piperazine rings is 1. The van der Waals surface area contributed by atoms with Gasteiger partial charge in [-0.2, -0.15) is 5.26 Å². The van der Waals surface area contributed by atoms with Crippen LogP contribution >= 0.6 is 0 Å². The first kappa shape index (κ1) is 14.8. The molecule has 20 heavy (non-hydrogen) atoms. The van der Waals surface area contributed by atoms with Crippen LogP contribution < -0.4 is 4.74 Å². The lowest BCUT2D eigenvalue weighted by molar-refractivity contribution is 0.0360. The van der Waals surface area contributed by atoms with Gasteiger partial charge in [-0.3, -0.25) is 9.80 Å². The number of methoxy groups -OCH3 is 1. The van der Waals surface area contributed by atoms with Crippen LogP contribution in [-0.2, 0) is 6.54 Å². The van der Waals surface area contributed by atoms with Crippen LogP contribution in [0.15, 0.2) is 18.2 Å². The smallest absolute Gasteiger partial charge is 0.136 e. The van der Waals surface area contributed by atoms with Gasteiger partial charge < -0.3 is 4.74 Å². The molecule has 0 radical (unpaired) electrons. The number of hydrogen-bond acceptors (Lipinski definition) is 4. The third-order valence-electron chi connectivity index (χ3n) is 4.19. The molecule has 0 N–H and O–H groups in total. The zero-order valence-electron chi connectivity index (χ0n) is 12.8. The molecule has 1 aliphatic heterocycles. The SMILES string of the molecule is COc1ccc(CN2CCN(C)C(C)(C)C2)cc1C#N. The Balaban J connectivity index is 2.09. The van der Waals surface area contributed by atoms with E-state index in [1.807, 2.05) is 18.2 Å². The molecule has 2 rings (SSSR count). The molecule has 0 saturated carbocycles. The van der Waals surface area contributed by atoms with E-state index >= 15 is 0 Å². The maximum absolute atomic E-state index is 9.15. The second kappa shape index (κ2) is 5.82. The van der Waals surface area contributed by atoms with Crippen molar-refractivity contribution in [3.63, 3.8) is 0 Å². The Labute approximate surface area is 121 Å². The predicted molar refractivity (Wildman–Crippen MR) is 79.7 cm³/mol. The maximum atomic E-state index is 9.15. The van der Waals surface area contributed by atoms with Gasteiger partial charge in [-0.05, 0) is 38.6 Å². The van der Waals surface area contributed by atoms with Gasteiger partial charge in [0.25, 0.3) is 0 Å². The van der Waals surface area contributed by atoms with E-state index in [-0.39, 0.29) is 5.54 Å². The van der Waals surface area contributed by atoms with Gasteiger partial charge in [0, 0.05) is 31.7 Å². The first-order chi connectivity index (χ1) is 9.46. The highest BCUT2D eigenvalue weighted by atomic mass is 16.5. The number of nitriles is 1. The molecule has 1 saturated heterocycles. The molecule has 108 valence electrons. The highest BCUT2D eigenvalue weighted by Crippen LogP contribution is 2.23. The first-order valence-corrected chi connectivity index (χ1v) is 6.97. The van der Waals surface area contributed by atoms with Crippen LogP contribution in [0.2, 0.25) is 0 Å². The lowest BCUT2D eigenvalue weighted by Crippen LogP contribution is -2.57. The molecule has 0 aliphatic carbocycles. The van der Waals surface area contributed by atoms with Crippen LogP contribution in [0.4, 0.5) is 0 Å². The van der Waals surface area contributed by atoms with Crippen molar-refractivity contribution in [2.24, 2.45) is 0 Å². The molecule has 1 heterocycles. The van der Waals surface area contributed by atoms with Crippen LogP contribution in [-0.4, -0.2) is 49.1 Å². The van der Waals surface area contributed by atoms with Gasteiger partial charge in [-0.1, -0.05) is 6.07 Å². The fourth-order valence-corrected chi connectivity index (χ4v) is 2.68. The Morgan fingerprint density at radius 1 is 1.35 bits per heavy atom. The van der Waals surface area contributed by atoms with Crippen molar-refractivity contribution < 1.29 is 4.74 Å². The van der Waals surface area contributed by atoms with E-state index in [4.69, 9.17) is 10.00 Å². The molecule has 0 unspecified atom stereocenters. The van der Waals surface area contributed by atoms with Crippen molar-refractivity contribution in [3.8, 4) is 11.8 Å². The highest BCUT2D eigenvalue weighted by Gasteiger charge is 2.30. The van der Waals surface area contributed by atoms with Crippen molar-refractivity contribution in [2.45, 2.75) is 25.9 Å². The lowest BCUT2D eigenvalue weighted by atomic mass is 9.99. The molecule has 0 aromatic heterocycles. The van der Waals surface area contributed by atoms with Crippen molar-refractivity contribution in [1.29, 1.82) is 5.26 Å². The molecular weight excluding hydrogens is 250 g/mol. The van der Waals surface area contributed by atoms with Gasteiger partial charge in [-0.15, -0.1) is 0 Å². The molecule has 1 aromatic rings. The monoisotopic (exact) mass is 273 g/mol. The topological polar surface area (TPSA) is 39.5 Å². The van der Waals surface area contributed by atoms with Crippen LogP contribution in [0.1, 0.15) is 25.0 Å². The van der Waals surface area contributed by atoms with Gasteiger partial charge >= 0.3 is 0 Å². The zero-order valence-corrected chi connectivity index (χ0v) is 12.8. The second-order valence-corrected chi connectivity index (χ2v) is 6.09. The third kappa shape index (κ3) is 3.12. The highest BCUT2D eigenvalue weighted by molar-refractivity contribution is 5.45. The van der Waals surface area contributed by atoms with Crippen LogP contribution in [0.5, 0.6) is 5.75 Å². The Morgan fingerprint density at radius 3 is 2.70 bits per heavy atom. The quantitative estimate of drug-likeness (QED) is 0.845. The summed E-state index contributed by atoms with van der Waals surface area (Å²) in [5.41, 5.74) is 1.98. The third-order valence-corrected chi connectivity index (χ3v) is 4.19. The van der Waals surface area contributed by atoms with Crippen LogP contribution in [0.3, 0.4) is 0 Å². The minimum atomic E-state index is 0.197. The molecule has 0 atom stereocenters. The lowest BCUT2D eigenvalue weighted by Gasteiger charge is -2.45. The van der Waals surface area contributed by atoms with Gasteiger partial charge in [-0.25, -0.2) is 0 Å². The summed E-state index contributed by atoms with van der Waals surface area (Å²) in [4.78, 5) is 4.85. The molecule has 1 aromatic carbocycles. The summed E-state index contributed by atoms with van der Waals surface area (Å²) in [5.74, 6) is 0.648. The summed E-state index contributed by atoms with van der Waals surface area (Å²) < 4.78 is 5.19. The molecule has 1 fully saturated rings. The summed E-state index contributed by atoms with van der Waals surface area (Å²) in [6.07, 6.45) is 0. The van der Waals surface area contributed by atoms with Crippen molar-refractivity contribution in [2.75, 3.05) is 33.8 Å². The Kier molecular flexibility index (Phi) is 4.32. The van der Waals surface area contributed by atoms with Crippen molar-refractivity contribution in [3.05, 3.63) is 29.3 Å². The maximum Gasteiger partial charge on any atom is 0.136 e. The predicted octanol–water partition coefficient (Wildman–Crippen LogP) is 2.09. The first-order valence-electron chi connectivity index (χ1n) is 6.97. The number of hydrogen-bond donors (Lipinski definition) is 0. The number of nitrogens with zero attached hydrogens (tertiary/aromatic N) is 3. The fourth-order valence-electron chi connectivity index (χ4n) is 2.68. The summed E-state index contributed by atoms with van der Waals surface area (Å²) in [6.45, 7) is 8.61. The number of likely N-dealkylation sites (N-methyl/N-ethyl adjacent to an activating group) is 1. The average molecular weight is 273 g/mol. The summed E-state index contributed by atoms with van der Waals surface area (Å²) in [5, 5.41) is 9.15. The number of rotatable bonds is 3. The van der Waals surface area contributed by atoms with E-state index in [9.17, 15) is 0 Å². The number of benzene rings is 1. The van der Waals surface area contributed by atoms with E-state index in [0.29, 0.717) is 11.3 Å². The second-order valence-electron chi connectivity index (χ2n) is 6.09. The minimum absolute atomic E-state index is 0.197. The largest absolute Gasteiger partial charge is 0.495 e. The normalized spacial score (nSPS) is 19.6. The van der Waals surface area contributed by atoms with E-state index in [0.717, 1.165) is 26.2 Å². The van der Waals surface area contributed by atoms with E-state index in [1.165, 1.54) is 5.56 Å². The van der Waals surface area contributed by atoms with Gasteiger partial charge in [0.2, 0.25) is 0 Å². The van der Waals surface area contributed by atoms with Crippen molar-refractivity contribution >= 4 is 0 Å². The standard InChI is InChI=1S/C16H23N3O/c1-16(2)12-19(8-7-18(16)3)11-13-5-6-15(20-4)14(9-13)10-17/h5-6,9H,7-8,11-12H2,1-4H3. The Hall–Kier alpha value is -1.57. The van der Waals surface area contributed by atoms with Gasteiger partial charge in [0.15, 0.2) is 0 Å². The fraction of sp³-hybridized carbons (Fsp3) is 0.562.